The monoisotopic (exact) mass is 424 g/mol. The van der Waals surface area contributed by atoms with Crippen LogP contribution in [0.15, 0.2) is 59.2 Å². The fourth-order valence-electron chi connectivity index (χ4n) is 2.95. The number of carbonyl (C=O) groups excluding carboxylic acids is 2. The lowest BCUT2D eigenvalue weighted by Gasteiger charge is -2.14. The van der Waals surface area contributed by atoms with Gasteiger partial charge in [-0.15, -0.1) is 0 Å². The standard InChI is InChI=1S/C23H24N2O6/c1-28-19-11-17(12-20(29-2)21(19)30-3)23(27)24-13-15-6-8-16(9-7-15)22(26)25-14-18-5-4-10-31-18/h4-12H,13-14H2,1-3H3,(H,24,27)(H,25,26). The van der Waals surface area contributed by atoms with Crippen molar-refractivity contribution in [2.75, 3.05) is 21.3 Å². The maximum absolute atomic E-state index is 12.6. The Morgan fingerprint density at radius 3 is 1.97 bits per heavy atom. The summed E-state index contributed by atoms with van der Waals surface area (Å²) in [5.41, 5.74) is 1.75. The van der Waals surface area contributed by atoms with Crippen LogP contribution in [-0.4, -0.2) is 33.1 Å². The number of hydrogen-bond donors (Lipinski definition) is 2. The molecule has 1 aromatic heterocycles. The van der Waals surface area contributed by atoms with Crippen molar-refractivity contribution in [3.8, 4) is 17.2 Å². The van der Waals surface area contributed by atoms with Crippen LogP contribution >= 0.6 is 0 Å². The van der Waals surface area contributed by atoms with Crippen molar-refractivity contribution in [1.29, 1.82) is 0 Å². The summed E-state index contributed by atoms with van der Waals surface area (Å²) in [5.74, 6) is 1.40. The maximum Gasteiger partial charge on any atom is 0.251 e. The molecule has 8 nitrogen and oxygen atoms in total. The van der Waals surface area contributed by atoms with Gasteiger partial charge in [0.15, 0.2) is 11.5 Å². The summed E-state index contributed by atoms with van der Waals surface area (Å²) < 4.78 is 21.0. The Bertz CT molecular complexity index is 1000. The van der Waals surface area contributed by atoms with E-state index in [-0.39, 0.29) is 11.8 Å². The Balaban J connectivity index is 1.59. The third-order valence-electron chi connectivity index (χ3n) is 4.60. The predicted molar refractivity (Wildman–Crippen MR) is 114 cm³/mol. The minimum absolute atomic E-state index is 0.204. The Morgan fingerprint density at radius 2 is 1.42 bits per heavy atom. The van der Waals surface area contributed by atoms with Gasteiger partial charge in [-0.3, -0.25) is 9.59 Å². The molecule has 162 valence electrons. The van der Waals surface area contributed by atoms with Crippen LogP contribution in [0.1, 0.15) is 32.0 Å². The van der Waals surface area contributed by atoms with Crippen LogP contribution in [0.4, 0.5) is 0 Å². The average Bonchev–Trinajstić information content (AvgIpc) is 3.34. The molecule has 0 bridgehead atoms. The second-order valence-electron chi connectivity index (χ2n) is 6.56. The van der Waals surface area contributed by atoms with E-state index in [9.17, 15) is 9.59 Å². The smallest absolute Gasteiger partial charge is 0.251 e. The summed E-state index contributed by atoms with van der Waals surface area (Å²) in [7, 11) is 4.48. The molecule has 2 aromatic carbocycles. The van der Waals surface area contributed by atoms with Gasteiger partial charge >= 0.3 is 0 Å². The van der Waals surface area contributed by atoms with Gasteiger partial charge in [0.2, 0.25) is 5.75 Å². The highest BCUT2D eigenvalue weighted by Gasteiger charge is 2.17. The first-order valence-corrected chi connectivity index (χ1v) is 9.53. The molecule has 0 unspecified atom stereocenters. The second kappa shape index (κ2) is 10.2. The lowest BCUT2D eigenvalue weighted by Crippen LogP contribution is -2.24. The predicted octanol–water partition coefficient (Wildman–Crippen LogP) is 3.17. The summed E-state index contributed by atoms with van der Waals surface area (Å²) in [6.45, 7) is 0.613. The van der Waals surface area contributed by atoms with Crippen molar-refractivity contribution in [1.82, 2.24) is 10.6 Å². The van der Waals surface area contributed by atoms with E-state index in [1.807, 2.05) is 0 Å². The van der Waals surface area contributed by atoms with E-state index < -0.39 is 0 Å². The van der Waals surface area contributed by atoms with Gasteiger partial charge in [0.1, 0.15) is 5.76 Å². The van der Waals surface area contributed by atoms with Crippen molar-refractivity contribution >= 4 is 11.8 Å². The molecule has 8 heteroatoms. The van der Waals surface area contributed by atoms with Gasteiger partial charge < -0.3 is 29.3 Å². The molecule has 0 spiro atoms. The Labute approximate surface area is 180 Å². The highest BCUT2D eigenvalue weighted by molar-refractivity contribution is 5.96. The van der Waals surface area contributed by atoms with Crippen LogP contribution in [0.2, 0.25) is 0 Å². The molecule has 31 heavy (non-hydrogen) atoms. The number of rotatable bonds is 9. The van der Waals surface area contributed by atoms with Crippen LogP contribution in [0, 0.1) is 0 Å². The van der Waals surface area contributed by atoms with Crippen molar-refractivity contribution < 1.29 is 28.2 Å². The van der Waals surface area contributed by atoms with Crippen LogP contribution in [0.3, 0.4) is 0 Å². The van der Waals surface area contributed by atoms with Crippen LogP contribution in [0.25, 0.3) is 0 Å². The lowest BCUT2D eigenvalue weighted by molar-refractivity contribution is 0.0940. The van der Waals surface area contributed by atoms with E-state index in [1.54, 1.807) is 54.8 Å². The number of hydrogen-bond acceptors (Lipinski definition) is 6. The molecule has 3 rings (SSSR count). The van der Waals surface area contributed by atoms with E-state index in [2.05, 4.69) is 10.6 Å². The number of amides is 2. The molecular formula is C23H24N2O6. The molecule has 0 saturated heterocycles. The van der Waals surface area contributed by atoms with Crippen molar-refractivity contribution in [2.45, 2.75) is 13.1 Å². The quantitative estimate of drug-likeness (QED) is 0.548. The zero-order valence-electron chi connectivity index (χ0n) is 17.6. The van der Waals surface area contributed by atoms with E-state index in [1.165, 1.54) is 21.3 Å². The highest BCUT2D eigenvalue weighted by atomic mass is 16.5. The molecule has 0 fully saturated rings. The highest BCUT2D eigenvalue weighted by Crippen LogP contribution is 2.38. The Hall–Kier alpha value is -3.94. The molecular weight excluding hydrogens is 400 g/mol. The first kappa shape index (κ1) is 21.8. The molecule has 1 heterocycles. The minimum Gasteiger partial charge on any atom is -0.493 e. The van der Waals surface area contributed by atoms with E-state index in [0.717, 1.165) is 5.56 Å². The van der Waals surface area contributed by atoms with Gasteiger partial charge in [0.05, 0.1) is 34.1 Å². The third-order valence-corrected chi connectivity index (χ3v) is 4.60. The zero-order valence-corrected chi connectivity index (χ0v) is 17.6. The Kier molecular flexibility index (Phi) is 7.16. The molecule has 3 aromatic rings. The number of furan rings is 1. The lowest BCUT2D eigenvalue weighted by atomic mass is 10.1. The molecule has 0 saturated carbocycles. The number of nitrogens with one attached hydrogen (secondary N) is 2. The third kappa shape index (κ3) is 5.36. The first-order valence-electron chi connectivity index (χ1n) is 9.53. The molecule has 0 radical (unpaired) electrons. The molecule has 2 amide bonds. The summed E-state index contributed by atoms with van der Waals surface area (Å²) in [6, 6.07) is 13.7. The molecule has 0 aliphatic carbocycles. The van der Waals surface area contributed by atoms with Crippen LogP contribution < -0.4 is 24.8 Å². The molecule has 2 N–H and O–H groups in total. The SMILES string of the molecule is COc1cc(C(=O)NCc2ccc(C(=O)NCc3ccco3)cc2)cc(OC)c1OC. The zero-order chi connectivity index (χ0) is 22.2. The van der Waals surface area contributed by atoms with Gasteiger partial charge in [-0.1, -0.05) is 12.1 Å². The topological polar surface area (TPSA) is 99.0 Å². The summed E-state index contributed by atoms with van der Waals surface area (Å²) in [6.07, 6.45) is 1.56. The van der Waals surface area contributed by atoms with E-state index in [4.69, 9.17) is 18.6 Å². The second-order valence-corrected chi connectivity index (χ2v) is 6.56. The van der Waals surface area contributed by atoms with Gasteiger partial charge in [0.25, 0.3) is 11.8 Å². The van der Waals surface area contributed by atoms with E-state index in [0.29, 0.717) is 47.2 Å². The van der Waals surface area contributed by atoms with Gasteiger partial charge in [-0.05, 0) is 42.0 Å². The molecule has 0 aliphatic rings. The number of ether oxygens (including phenoxy) is 3. The molecule has 0 aliphatic heterocycles. The Morgan fingerprint density at radius 1 is 0.806 bits per heavy atom. The summed E-state index contributed by atoms with van der Waals surface area (Å²) in [5, 5.41) is 5.63. The van der Waals surface area contributed by atoms with Gasteiger partial charge in [-0.2, -0.15) is 0 Å². The normalized spacial score (nSPS) is 10.3. The van der Waals surface area contributed by atoms with Crippen LogP contribution in [-0.2, 0) is 13.1 Å². The van der Waals surface area contributed by atoms with Crippen LogP contribution in [0.5, 0.6) is 17.2 Å². The van der Waals surface area contributed by atoms with Crippen molar-refractivity contribution in [3.05, 3.63) is 77.2 Å². The van der Waals surface area contributed by atoms with Crippen molar-refractivity contribution in [2.24, 2.45) is 0 Å². The number of carbonyl (C=O) groups is 2. The fraction of sp³-hybridized carbons (Fsp3) is 0.217. The average molecular weight is 424 g/mol. The molecule has 0 atom stereocenters. The summed E-state index contributed by atoms with van der Waals surface area (Å²) in [4.78, 5) is 24.8. The fourth-order valence-corrected chi connectivity index (χ4v) is 2.95. The first-order chi connectivity index (χ1) is 15.0. The van der Waals surface area contributed by atoms with Crippen molar-refractivity contribution in [3.63, 3.8) is 0 Å². The maximum atomic E-state index is 12.6. The number of benzene rings is 2. The summed E-state index contributed by atoms with van der Waals surface area (Å²) >= 11 is 0. The van der Waals surface area contributed by atoms with Gasteiger partial charge in [-0.25, -0.2) is 0 Å². The largest absolute Gasteiger partial charge is 0.493 e. The number of methoxy groups -OCH3 is 3. The minimum atomic E-state index is -0.292. The van der Waals surface area contributed by atoms with E-state index >= 15 is 0 Å². The van der Waals surface area contributed by atoms with Gasteiger partial charge in [0, 0.05) is 17.7 Å².